The highest BCUT2D eigenvalue weighted by molar-refractivity contribution is 6.30. The molecule has 0 saturated carbocycles. The van der Waals surface area contributed by atoms with E-state index in [2.05, 4.69) is 27.0 Å². The molecule has 0 bridgehead atoms. The molecule has 174 valence electrons. The number of aryl methyl sites for hydroxylation is 1. The molecule has 2 N–H and O–H groups in total. The maximum absolute atomic E-state index is 6.35. The molecule has 4 aromatic rings. The highest BCUT2D eigenvalue weighted by Crippen LogP contribution is 2.38. The zero-order chi connectivity index (χ0) is 23.2. The molecule has 2 aromatic carbocycles. The molecule has 2 aliphatic heterocycles. The molecule has 2 aliphatic rings. The van der Waals surface area contributed by atoms with Gasteiger partial charge in [0, 0.05) is 50.4 Å². The molecule has 0 unspecified atom stereocenters. The number of piperazine rings is 1. The first-order chi connectivity index (χ1) is 16.5. The zero-order valence-corrected chi connectivity index (χ0v) is 19.5. The maximum atomic E-state index is 6.35. The topological polar surface area (TPSA) is 94.6 Å². The molecule has 0 atom stereocenters. The molecule has 34 heavy (non-hydrogen) atoms. The van der Waals surface area contributed by atoms with Gasteiger partial charge >= 0.3 is 0 Å². The number of nitrogens with two attached hydrogens (primary N) is 1. The normalized spacial score (nSPS) is 15.9. The van der Waals surface area contributed by atoms with Crippen molar-refractivity contribution in [2.45, 2.75) is 6.54 Å². The van der Waals surface area contributed by atoms with Crippen LogP contribution in [0.3, 0.4) is 0 Å². The quantitative estimate of drug-likeness (QED) is 0.478. The van der Waals surface area contributed by atoms with Crippen molar-refractivity contribution in [3.8, 4) is 22.8 Å². The summed E-state index contributed by atoms with van der Waals surface area (Å²) in [6.07, 6.45) is 0. The predicted octanol–water partition coefficient (Wildman–Crippen LogP) is 3.32. The number of rotatable bonds is 4. The maximum Gasteiger partial charge on any atom is 0.231 e. The minimum Gasteiger partial charge on any atom is -0.454 e. The number of nitrogen functional groups attached to an aromatic ring is 1. The highest BCUT2D eigenvalue weighted by atomic mass is 35.5. The Labute approximate surface area is 201 Å². The molecule has 0 radical (unpaired) electrons. The highest BCUT2D eigenvalue weighted by Gasteiger charge is 2.24. The lowest BCUT2D eigenvalue weighted by atomic mass is 10.1. The van der Waals surface area contributed by atoms with Gasteiger partial charge < -0.3 is 20.1 Å². The van der Waals surface area contributed by atoms with Crippen molar-refractivity contribution in [1.29, 1.82) is 0 Å². The van der Waals surface area contributed by atoms with E-state index in [1.54, 1.807) is 4.68 Å². The standard InChI is InChI=1S/C24H24ClN7O2/c1-30-22(26)20-21(16-4-7-18-19(12-16)34-14-33-18)27-24(28-23(20)29-30)32-10-8-31(9-11-32)13-15-2-5-17(25)6-3-15/h2-7,12H,8-11,13-14,26H2,1H3. The van der Waals surface area contributed by atoms with Crippen LogP contribution in [0, 0.1) is 0 Å². The SMILES string of the molecule is Cn1nc2nc(N3CCN(Cc4ccc(Cl)cc4)CC3)nc(-c3ccc4c(c3)OCO4)c2c1N. The van der Waals surface area contributed by atoms with Crippen LogP contribution in [0.15, 0.2) is 42.5 Å². The fraction of sp³-hybridized carbons (Fsp3) is 0.292. The van der Waals surface area contributed by atoms with E-state index in [4.69, 9.17) is 36.8 Å². The monoisotopic (exact) mass is 477 g/mol. The third-order valence-corrected chi connectivity index (χ3v) is 6.60. The predicted molar refractivity (Wildman–Crippen MR) is 131 cm³/mol. The summed E-state index contributed by atoms with van der Waals surface area (Å²) in [6.45, 7) is 4.58. The van der Waals surface area contributed by atoms with Gasteiger partial charge in [-0.25, -0.2) is 4.98 Å². The van der Waals surface area contributed by atoms with E-state index < -0.39 is 0 Å². The third kappa shape index (κ3) is 3.76. The van der Waals surface area contributed by atoms with Crippen LogP contribution < -0.4 is 20.1 Å². The van der Waals surface area contributed by atoms with E-state index in [1.165, 1.54) is 5.56 Å². The zero-order valence-electron chi connectivity index (χ0n) is 18.7. The van der Waals surface area contributed by atoms with Gasteiger partial charge in [-0.15, -0.1) is 0 Å². The number of ether oxygens (including phenoxy) is 2. The lowest BCUT2D eigenvalue weighted by Crippen LogP contribution is -2.46. The van der Waals surface area contributed by atoms with Crippen LogP contribution >= 0.6 is 11.6 Å². The Hall–Kier alpha value is -3.56. The van der Waals surface area contributed by atoms with Crippen molar-refractivity contribution in [1.82, 2.24) is 24.6 Å². The summed E-state index contributed by atoms with van der Waals surface area (Å²) in [5.41, 5.74) is 9.82. The Kier molecular flexibility index (Phi) is 5.15. The van der Waals surface area contributed by atoms with Crippen molar-refractivity contribution < 1.29 is 9.47 Å². The van der Waals surface area contributed by atoms with E-state index in [9.17, 15) is 0 Å². The Bertz CT molecular complexity index is 1360. The van der Waals surface area contributed by atoms with Crippen LogP contribution in [-0.2, 0) is 13.6 Å². The number of aromatic nitrogens is 4. The van der Waals surface area contributed by atoms with Crippen molar-refractivity contribution in [2.24, 2.45) is 7.05 Å². The molecule has 4 heterocycles. The number of nitrogens with zero attached hydrogens (tertiary/aromatic N) is 6. The minimum atomic E-state index is 0.221. The van der Waals surface area contributed by atoms with E-state index in [0.29, 0.717) is 23.2 Å². The summed E-state index contributed by atoms with van der Waals surface area (Å²) in [6, 6.07) is 13.8. The molecule has 9 nitrogen and oxygen atoms in total. The number of benzene rings is 2. The average Bonchev–Trinajstić information content (AvgIpc) is 3.44. The third-order valence-electron chi connectivity index (χ3n) is 6.35. The van der Waals surface area contributed by atoms with Gasteiger partial charge in [0.1, 0.15) is 5.82 Å². The summed E-state index contributed by atoms with van der Waals surface area (Å²) < 4.78 is 12.7. The van der Waals surface area contributed by atoms with Crippen molar-refractivity contribution >= 4 is 34.4 Å². The second kappa shape index (κ2) is 8.34. The summed E-state index contributed by atoms with van der Waals surface area (Å²) in [5, 5.41) is 6.04. The smallest absolute Gasteiger partial charge is 0.231 e. The lowest BCUT2D eigenvalue weighted by molar-refractivity contribution is 0.174. The van der Waals surface area contributed by atoms with Gasteiger partial charge in [0.2, 0.25) is 12.7 Å². The Morgan fingerprint density at radius 3 is 2.53 bits per heavy atom. The largest absolute Gasteiger partial charge is 0.454 e. The van der Waals surface area contributed by atoms with Crippen LogP contribution in [0.25, 0.3) is 22.3 Å². The molecule has 1 saturated heterocycles. The van der Waals surface area contributed by atoms with Gasteiger partial charge in [0.15, 0.2) is 17.1 Å². The first-order valence-electron chi connectivity index (χ1n) is 11.2. The molecule has 0 amide bonds. The summed E-state index contributed by atoms with van der Waals surface area (Å²) in [4.78, 5) is 14.4. The molecular formula is C24H24ClN7O2. The van der Waals surface area contributed by atoms with Gasteiger partial charge in [0.05, 0.1) is 11.1 Å². The minimum absolute atomic E-state index is 0.221. The van der Waals surface area contributed by atoms with Gasteiger partial charge in [-0.05, 0) is 35.9 Å². The molecular weight excluding hydrogens is 454 g/mol. The van der Waals surface area contributed by atoms with Crippen molar-refractivity contribution in [3.63, 3.8) is 0 Å². The van der Waals surface area contributed by atoms with Gasteiger partial charge in [-0.3, -0.25) is 9.58 Å². The van der Waals surface area contributed by atoms with E-state index in [-0.39, 0.29) is 6.79 Å². The summed E-state index contributed by atoms with van der Waals surface area (Å²) in [7, 11) is 1.82. The van der Waals surface area contributed by atoms with Crippen LogP contribution in [0.5, 0.6) is 11.5 Å². The Morgan fingerprint density at radius 1 is 0.971 bits per heavy atom. The first-order valence-corrected chi connectivity index (χ1v) is 11.5. The number of hydrogen-bond acceptors (Lipinski definition) is 8. The number of anilines is 2. The van der Waals surface area contributed by atoms with Crippen molar-refractivity contribution in [2.75, 3.05) is 43.6 Å². The second-order valence-electron chi connectivity index (χ2n) is 8.54. The van der Waals surface area contributed by atoms with Crippen LogP contribution in [0.4, 0.5) is 11.8 Å². The van der Waals surface area contributed by atoms with Crippen LogP contribution in [0.1, 0.15) is 5.56 Å². The van der Waals surface area contributed by atoms with Gasteiger partial charge in [-0.2, -0.15) is 10.1 Å². The Balaban J connectivity index is 1.29. The van der Waals surface area contributed by atoms with Gasteiger partial charge in [0.25, 0.3) is 0 Å². The van der Waals surface area contributed by atoms with Crippen molar-refractivity contribution in [3.05, 3.63) is 53.1 Å². The van der Waals surface area contributed by atoms with Crippen LogP contribution in [0.2, 0.25) is 5.02 Å². The fourth-order valence-corrected chi connectivity index (χ4v) is 4.58. The number of halogens is 1. The molecule has 1 fully saturated rings. The van der Waals surface area contributed by atoms with E-state index in [0.717, 1.165) is 60.1 Å². The number of fused-ring (bicyclic) bond motifs is 2. The molecule has 2 aromatic heterocycles. The molecule has 10 heteroatoms. The average molecular weight is 478 g/mol. The fourth-order valence-electron chi connectivity index (χ4n) is 4.45. The summed E-state index contributed by atoms with van der Waals surface area (Å²) >= 11 is 6.02. The lowest BCUT2D eigenvalue weighted by Gasteiger charge is -2.34. The molecule has 6 rings (SSSR count). The van der Waals surface area contributed by atoms with Crippen LogP contribution in [-0.4, -0.2) is 57.6 Å². The second-order valence-corrected chi connectivity index (χ2v) is 8.97. The molecule has 0 aliphatic carbocycles. The first kappa shape index (κ1) is 21.0. The van der Waals surface area contributed by atoms with E-state index in [1.807, 2.05) is 37.4 Å². The Morgan fingerprint density at radius 2 is 1.74 bits per heavy atom. The van der Waals surface area contributed by atoms with Gasteiger partial charge in [-0.1, -0.05) is 23.7 Å². The number of hydrogen-bond donors (Lipinski definition) is 1. The molecule has 0 spiro atoms. The van der Waals surface area contributed by atoms with E-state index >= 15 is 0 Å². The summed E-state index contributed by atoms with van der Waals surface area (Å²) in [5.74, 6) is 2.61.